The van der Waals surface area contributed by atoms with Crippen molar-refractivity contribution in [3.8, 4) is 22.4 Å². The lowest BCUT2D eigenvalue weighted by Gasteiger charge is -2.12. The highest BCUT2D eigenvalue weighted by Crippen LogP contribution is 2.38. The van der Waals surface area contributed by atoms with Crippen LogP contribution in [0.4, 0.5) is 13.2 Å². The highest BCUT2D eigenvalue weighted by molar-refractivity contribution is 6.32. The molecule has 1 aromatic heterocycles. The molecule has 3 aromatic rings. The van der Waals surface area contributed by atoms with Gasteiger partial charge in [-0.3, -0.25) is 0 Å². The van der Waals surface area contributed by atoms with Crippen LogP contribution in [0.2, 0.25) is 10.2 Å². The zero-order valence-corrected chi connectivity index (χ0v) is 12.8. The molecule has 0 bridgehead atoms. The van der Waals surface area contributed by atoms with Crippen LogP contribution in [-0.2, 0) is 0 Å². The average Bonchev–Trinajstić information content (AvgIpc) is 2.49. The normalized spacial score (nSPS) is 10.8. The molecule has 0 atom stereocenters. The first kappa shape index (κ1) is 15.8. The SMILES string of the molecule is Fc1cc(F)c(-c2c(Cl)ncnc2-c2ccc(Cl)cc2)c(F)c1. The first-order valence-corrected chi connectivity index (χ1v) is 7.14. The molecule has 23 heavy (non-hydrogen) atoms. The van der Waals surface area contributed by atoms with Gasteiger partial charge in [0.15, 0.2) is 0 Å². The predicted octanol–water partition coefficient (Wildman–Crippen LogP) is 5.53. The van der Waals surface area contributed by atoms with Gasteiger partial charge in [-0.25, -0.2) is 23.1 Å². The second-order valence-corrected chi connectivity index (χ2v) is 5.43. The Hall–Kier alpha value is -2.11. The maximum Gasteiger partial charge on any atom is 0.141 e. The van der Waals surface area contributed by atoms with Crippen molar-refractivity contribution in [1.82, 2.24) is 9.97 Å². The number of benzene rings is 2. The number of nitrogens with zero attached hydrogens (tertiary/aromatic N) is 2. The van der Waals surface area contributed by atoms with Gasteiger partial charge in [0.1, 0.15) is 28.9 Å². The third-order valence-corrected chi connectivity index (χ3v) is 3.71. The van der Waals surface area contributed by atoms with Crippen molar-refractivity contribution in [3.63, 3.8) is 0 Å². The summed E-state index contributed by atoms with van der Waals surface area (Å²) in [6, 6.07) is 7.62. The van der Waals surface area contributed by atoms with E-state index >= 15 is 0 Å². The summed E-state index contributed by atoms with van der Waals surface area (Å²) < 4.78 is 41.4. The van der Waals surface area contributed by atoms with Crippen molar-refractivity contribution in [3.05, 3.63) is 70.4 Å². The van der Waals surface area contributed by atoms with E-state index < -0.39 is 23.0 Å². The van der Waals surface area contributed by atoms with Crippen molar-refractivity contribution < 1.29 is 13.2 Å². The lowest BCUT2D eigenvalue weighted by Crippen LogP contribution is -1.99. The summed E-state index contributed by atoms with van der Waals surface area (Å²) in [5.74, 6) is -3.20. The van der Waals surface area contributed by atoms with Crippen molar-refractivity contribution in [1.29, 1.82) is 0 Å². The molecular weight excluding hydrogens is 348 g/mol. The molecule has 0 aliphatic carbocycles. The standard InChI is InChI=1S/C16H7Cl2F3N2/c17-9-3-1-8(2-4-9)15-14(16(18)23-7-22-15)13-11(20)5-10(19)6-12(13)21/h1-7H. The van der Waals surface area contributed by atoms with Crippen LogP contribution in [0.1, 0.15) is 0 Å². The zero-order chi connectivity index (χ0) is 16.6. The Morgan fingerprint density at radius 3 is 2.00 bits per heavy atom. The predicted molar refractivity (Wildman–Crippen MR) is 82.8 cm³/mol. The molecule has 0 spiro atoms. The molecule has 1 heterocycles. The van der Waals surface area contributed by atoms with Gasteiger partial charge in [-0.2, -0.15) is 0 Å². The molecule has 0 fully saturated rings. The van der Waals surface area contributed by atoms with Gasteiger partial charge in [-0.15, -0.1) is 0 Å². The molecule has 0 unspecified atom stereocenters. The van der Waals surface area contributed by atoms with Gasteiger partial charge >= 0.3 is 0 Å². The van der Waals surface area contributed by atoms with E-state index in [1.807, 2.05) is 0 Å². The zero-order valence-electron chi connectivity index (χ0n) is 11.3. The van der Waals surface area contributed by atoms with E-state index in [9.17, 15) is 13.2 Å². The van der Waals surface area contributed by atoms with Gasteiger partial charge in [0.2, 0.25) is 0 Å². The highest BCUT2D eigenvalue weighted by atomic mass is 35.5. The Labute approximate surface area is 139 Å². The van der Waals surface area contributed by atoms with Crippen LogP contribution >= 0.6 is 23.2 Å². The fourth-order valence-electron chi connectivity index (χ4n) is 2.19. The van der Waals surface area contributed by atoms with Crippen LogP contribution < -0.4 is 0 Å². The van der Waals surface area contributed by atoms with Gasteiger partial charge < -0.3 is 0 Å². The number of aromatic nitrogens is 2. The van der Waals surface area contributed by atoms with Crippen LogP contribution in [0.5, 0.6) is 0 Å². The summed E-state index contributed by atoms with van der Waals surface area (Å²) in [6.45, 7) is 0. The molecule has 0 aliphatic rings. The summed E-state index contributed by atoms with van der Waals surface area (Å²) in [6.07, 6.45) is 1.18. The molecule has 2 nitrogen and oxygen atoms in total. The first-order chi connectivity index (χ1) is 11.0. The third kappa shape index (κ3) is 3.02. The van der Waals surface area contributed by atoms with Gasteiger partial charge in [-0.05, 0) is 12.1 Å². The highest BCUT2D eigenvalue weighted by Gasteiger charge is 2.22. The fourth-order valence-corrected chi connectivity index (χ4v) is 2.55. The number of rotatable bonds is 2. The molecule has 0 aliphatic heterocycles. The van der Waals surface area contributed by atoms with Crippen LogP contribution in [0.15, 0.2) is 42.7 Å². The summed E-state index contributed by atoms with van der Waals surface area (Å²) in [5.41, 5.74) is 0.219. The van der Waals surface area contributed by atoms with Crippen LogP contribution in [-0.4, -0.2) is 9.97 Å². The van der Waals surface area contributed by atoms with Crippen molar-refractivity contribution in [2.45, 2.75) is 0 Å². The molecule has 0 saturated heterocycles. The Morgan fingerprint density at radius 2 is 1.39 bits per heavy atom. The lowest BCUT2D eigenvalue weighted by atomic mass is 9.99. The van der Waals surface area contributed by atoms with E-state index in [4.69, 9.17) is 23.2 Å². The molecule has 0 N–H and O–H groups in total. The van der Waals surface area contributed by atoms with Crippen molar-refractivity contribution >= 4 is 23.2 Å². The minimum absolute atomic E-state index is 0.0495. The van der Waals surface area contributed by atoms with Gasteiger partial charge in [0, 0.05) is 22.7 Å². The second-order valence-electron chi connectivity index (χ2n) is 4.64. The molecule has 0 amide bonds. The van der Waals surface area contributed by atoms with E-state index in [0.717, 1.165) is 0 Å². The Morgan fingerprint density at radius 1 is 0.783 bits per heavy atom. The fraction of sp³-hybridized carbons (Fsp3) is 0. The Bertz CT molecular complexity index is 860. The van der Waals surface area contributed by atoms with E-state index in [1.54, 1.807) is 24.3 Å². The molecule has 116 valence electrons. The van der Waals surface area contributed by atoms with Crippen LogP contribution in [0.25, 0.3) is 22.4 Å². The number of hydrogen-bond acceptors (Lipinski definition) is 2. The maximum atomic E-state index is 14.1. The Kier molecular flexibility index (Phi) is 4.24. The summed E-state index contributed by atoms with van der Waals surface area (Å²) >= 11 is 11.9. The molecule has 2 aromatic carbocycles. The Balaban J connectivity index is 2.31. The minimum atomic E-state index is -1.09. The minimum Gasteiger partial charge on any atom is -0.236 e. The van der Waals surface area contributed by atoms with E-state index in [1.165, 1.54) is 6.33 Å². The van der Waals surface area contributed by atoms with Crippen LogP contribution in [0, 0.1) is 17.5 Å². The summed E-state index contributed by atoms with van der Waals surface area (Å²) in [4.78, 5) is 7.82. The molecule has 0 saturated carbocycles. The maximum absolute atomic E-state index is 14.1. The smallest absolute Gasteiger partial charge is 0.141 e. The summed E-state index contributed by atoms with van der Waals surface area (Å²) in [7, 11) is 0. The monoisotopic (exact) mass is 354 g/mol. The summed E-state index contributed by atoms with van der Waals surface area (Å²) in [5, 5.41) is 0.351. The lowest BCUT2D eigenvalue weighted by molar-refractivity contribution is 0.548. The van der Waals surface area contributed by atoms with Crippen LogP contribution in [0.3, 0.4) is 0 Å². The van der Waals surface area contributed by atoms with Gasteiger partial charge in [0.25, 0.3) is 0 Å². The largest absolute Gasteiger partial charge is 0.236 e. The molecular formula is C16H7Cl2F3N2. The van der Waals surface area contributed by atoms with Gasteiger partial charge in [0.05, 0.1) is 16.8 Å². The van der Waals surface area contributed by atoms with E-state index in [2.05, 4.69) is 9.97 Å². The quantitative estimate of drug-likeness (QED) is 0.565. The average molecular weight is 355 g/mol. The first-order valence-electron chi connectivity index (χ1n) is 6.38. The second kappa shape index (κ2) is 6.18. The van der Waals surface area contributed by atoms with Crippen molar-refractivity contribution in [2.75, 3.05) is 0 Å². The number of hydrogen-bond donors (Lipinski definition) is 0. The molecule has 3 rings (SSSR count). The van der Waals surface area contributed by atoms with E-state index in [0.29, 0.717) is 22.7 Å². The van der Waals surface area contributed by atoms with Gasteiger partial charge in [-0.1, -0.05) is 35.3 Å². The van der Waals surface area contributed by atoms with Crippen molar-refractivity contribution in [2.24, 2.45) is 0 Å². The third-order valence-electron chi connectivity index (χ3n) is 3.18. The number of halogens is 5. The molecule has 0 radical (unpaired) electrons. The molecule has 7 heteroatoms. The topological polar surface area (TPSA) is 25.8 Å². The van der Waals surface area contributed by atoms with E-state index in [-0.39, 0.29) is 16.4 Å².